The number of carbonyl (C=O) groups is 1. The fourth-order valence-electron chi connectivity index (χ4n) is 1.74. The molecule has 0 aromatic carbocycles. The van der Waals surface area contributed by atoms with Crippen LogP contribution in [0.15, 0.2) is 28.8 Å². The second kappa shape index (κ2) is 4.77. The van der Waals surface area contributed by atoms with Gasteiger partial charge < -0.3 is 8.98 Å². The Bertz CT molecular complexity index is 618. The molecule has 0 radical (unpaired) electrons. The summed E-state index contributed by atoms with van der Waals surface area (Å²) in [5, 5.41) is 8.89. The van der Waals surface area contributed by atoms with Crippen LogP contribution in [0.2, 0.25) is 0 Å². The van der Waals surface area contributed by atoms with E-state index < -0.39 is 5.91 Å². The second-order valence-corrected chi connectivity index (χ2v) is 3.83. The summed E-state index contributed by atoms with van der Waals surface area (Å²) in [7, 11) is 0. The van der Waals surface area contributed by atoms with E-state index in [1.807, 2.05) is 5.43 Å². The van der Waals surface area contributed by atoms with Gasteiger partial charge in [0.05, 0.1) is 6.54 Å². The first-order valence-electron chi connectivity index (χ1n) is 5.31. The molecule has 2 heterocycles. The molecule has 0 aliphatic carbocycles. The van der Waals surface area contributed by atoms with Crippen LogP contribution in [-0.4, -0.2) is 10.5 Å². The number of furan rings is 1. The first-order valence-corrected chi connectivity index (χ1v) is 5.31. The molecule has 0 atom stereocenters. The van der Waals surface area contributed by atoms with E-state index >= 15 is 0 Å². The first kappa shape index (κ1) is 12.0. The Morgan fingerprint density at radius 2 is 2.44 bits per heavy atom. The van der Waals surface area contributed by atoms with Crippen molar-refractivity contribution in [2.24, 2.45) is 5.84 Å². The van der Waals surface area contributed by atoms with Gasteiger partial charge in [-0.1, -0.05) is 0 Å². The highest BCUT2D eigenvalue weighted by atomic mass is 16.4. The summed E-state index contributed by atoms with van der Waals surface area (Å²) < 4.78 is 7.16. The van der Waals surface area contributed by atoms with Crippen molar-refractivity contribution in [3.8, 4) is 6.07 Å². The molecule has 2 aromatic heterocycles. The van der Waals surface area contributed by atoms with E-state index in [0.29, 0.717) is 23.6 Å². The van der Waals surface area contributed by atoms with Crippen molar-refractivity contribution >= 4 is 5.91 Å². The van der Waals surface area contributed by atoms with E-state index in [2.05, 4.69) is 6.07 Å². The van der Waals surface area contributed by atoms with Crippen molar-refractivity contribution in [2.75, 3.05) is 0 Å². The summed E-state index contributed by atoms with van der Waals surface area (Å²) in [5.41, 5.74) is 3.27. The predicted octanol–water partition coefficient (Wildman–Crippen LogP) is 0.913. The molecule has 6 heteroatoms. The Balaban J connectivity index is 2.26. The number of carbonyl (C=O) groups excluding carboxylic acids is 1. The van der Waals surface area contributed by atoms with Gasteiger partial charge in [-0.25, -0.2) is 5.84 Å². The Kier molecular flexibility index (Phi) is 3.17. The number of amides is 1. The molecule has 0 unspecified atom stereocenters. The lowest BCUT2D eigenvalue weighted by Gasteiger charge is -2.01. The minimum Gasteiger partial charge on any atom is -0.454 e. The maximum atomic E-state index is 11.4. The zero-order valence-electron chi connectivity index (χ0n) is 9.80. The van der Waals surface area contributed by atoms with Gasteiger partial charge in [0.25, 0.3) is 0 Å². The summed E-state index contributed by atoms with van der Waals surface area (Å²) in [4.78, 5) is 11.4. The highest BCUT2D eigenvalue weighted by Gasteiger charge is 2.15. The van der Waals surface area contributed by atoms with Crippen LogP contribution in [0.5, 0.6) is 0 Å². The van der Waals surface area contributed by atoms with Gasteiger partial charge in [-0.3, -0.25) is 10.2 Å². The van der Waals surface area contributed by atoms with E-state index in [1.54, 1.807) is 35.9 Å². The molecule has 18 heavy (non-hydrogen) atoms. The summed E-state index contributed by atoms with van der Waals surface area (Å²) in [6, 6.07) is 7.32. The van der Waals surface area contributed by atoms with Crippen LogP contribution in [0.25, 0.3) is 0 Å². The Labute approximate surface area is 104 Å². The highest BCUT2D eigenvalue weighted by Crippen LogP contribution is 2.16. The quantitative estimate of drug-likeness (QED) is 0.476. The predicted molar refractivity (Wildman–Crippen MR) is 63.3 cm³/mol. The van der Waals surface area contributed by atoms with Crippen LogP contribution in [0.4, 0.5) is 0 Å². The Morgan fingerprint density at radius 1 is 1.67 bits per heavy atom. The van der Waals surface area contributed by atoms with Crippen LogP contribution in [-0.2, 0) is 6.54 Å². The largest absolute Gasteiger partial charge is 0.454 e. The summed E-state index contributed by atoms with van der Waals surface area (Å²) >= 11 is 0. The number of hydrogen-bond acceptors (Lipinski definition) is 4. The molecule has 2 aromatic rings. The summed E-state index contributed by atoms with van der Waals surface area (Å²) in [5.74, 6) is 5.38. The van der Waals surface area contributed by atoms with E-state index in [-0.39, 0.29) is 5.76 Å². The lowest BCUT2D eigenvalue weighted by molar-refractivity contribution is 0.0923. The standard InChI is InChI=1S/C12H12N4O2/c1-8-5-10(18-11(8)12(17)15-14)7-16-4-2-3-9(16)6-13/h2-5H,7,14H2,1H3,(H,15,17). The number of aromatic nitrogens is 1. The number of hydrogen-bond donors (Lipinski definition) is 2. The third-order valence-corrected chi connectivity index (χ3v) is 2.58. The number of nitriles is 1. The molecule has 6 nitrogen and oxygen atoms in total. The number of rotatable bonds is 3. The number of nitrogens with two attached hydrogens (primary N) is 1. The zero-order chi connectivity index (χ0) is 13.1. The van der Waals surface area contributed by atoms with Crippen LogP contribution in [0.3, 0.4) is 0 Å². The number of nitrogen functional groups attached to an aromatic ring is 1. The van der Waals surface area contributed by atoms with Gasteiger partial charge in [0.15, 0.2) is 5.76 Å². The van der Waals surface area contributed by atoms with Crippen molar-refractivity contribution < 1.29 is 9.21 Å². The molecule has 0 aliphatic rings. The molecular formula is C12H12N4O2. The third kappa shape index (κ3) is 2.12. The molecule has 0 aliphatic heterocycles. The average Bonchev–Trinajstić information content (AvgIpc) is 2.95. The lowest BCUT2D eigenvalue weighted by Crippen LogP contribution is -2.30. The van der Waals surface area contributed by atoms with Crippen molar-refractivity contribution in [1.82, 2.24) is 9.99 Å². The average molecular weight is 244 g/mol. The van der Waals surface area contributed by atoms with Crippen LogP contribution in [0.1, 0.15) is 27.6 Å². The van der Waals surface area contributed by atoms with Crippen molar-refractivity contribution in [3.63, 3.8) is 0 Å². The molecule has 0 bridgehead atoms. The number of nitrogens with one attached hydrogen (secondary N) is 1. The Hall–Kier alpha value is -2.52. The fraction of sp³-hybridized carbons (Fsp3) is 0.167. The SMILES string of the molecule is Cc1cc(Cn2cccc2C#N)oc1C(=O)NN. The smallest absolute Gasteiger partial charge is 0.301 e. The first-order chi connectivity index (χ1) is 8.65. The van der Waals surface area contributed by atoms with Gasteiger partial charge in [0.2, 0.25) is 0 Å². The second-order valence-electron chi connectivity index (χ2n) is 3.83. The van der Waals surface area contributed by atoms with Crippen molar-refractivity contribution in [2.45, 2.75) is 13.5 Å². The Morgan fingerprint density at radius 3 is 3.11 bits per heavy atom. The fourth-order valence-corrected chi connectivity index (χ4v) is 1.74. The van der Waals surface area contributed by atoms with Crippen LogP contribution >= 0.6 is 0 Å². The lowest BCUT2D eigenvalue weighted by atomic mass is 10.2. The molecule has 1 amide bonds. The van der Waals surface area contributed by atoms with E-state index in [9.17, 15) is 4.79 Å². The molecule has 0 saturated heterocycles. The molecule has 0 spiro atoms. The monoisotopic (exact) mass is 244 g/mol. The topological polar surface area (TPSA) is 97.0 Å². The molecule has 92 valence electrons. The third-order valence-electron chi connectivity index (χ3n) is 2.58. The van der Waals surface area contributed by atoms with Crippen LogP contribution in [0, 0.1) is 18.3 Å². The summed E-state index contributed by atoms with van der Waals surface area (Å²) in [6.45, 7) is 2.16. The van der Waals surface area contributed by atoms with Crippen molar-refractivity contribution in [1.29, 1.82) is 5.26 Å². The normalized spacial score (nSPS) is 10.1. The van der Waals surface area contributed by atoms with Gasteiger partial charge in [-0.2, -0.15) is 5.26 Å². The summed E-state index contributed by atoms with van der Waals surface area (Å²) in [6.07, 6.45) is 1.78. The van der Waals surface area contributed by atoms with Gasteiger partial charge in [0.1, 0.15) is 17.5 Å². The molecular weight excluding hydrogens is 232 g/mol. The number of nitrogens with zero attached hydrogens (tertiary/aromatic N) is 2. The van der Waals surface area contributed by atoms with E-state index in [4.69, 9.17) is 15.5 Å². The van der Waals surface area contributed by atoms with E-state index in [1.165, 1.54) is 0 Å². The maximum absolute atomic E-state index is 11.4. The highest BCUT2D eigenvalue weighted by molar-refractivity contribution is 5.92. The molecule has 0 saturated carbocycles. The molecule has 2 rings (SSSR count). The van der Waals surface area contributed by atoms with Gasteiger partial charge in [0, 0.05) is 11.8 Å². The van der Waals surface area contributed by atoms with Gasteiger partial charge >= 0.3 is 5.91 Å². The van der Waals surface area contributed by atoms with Crippen LogP contribution < -0.4 is 11.3 Å². The minimum atomic E-state index is -0.466. The minimum absolute atomic E-state index is 0.193. The molecule has 0 fully saturated rings. The van der Waals surface area contributed by atoms with Gasteiger partial charge in [-0.15, -0.1) is 0 Å². The van der Waals surface area contributed by atoms with Crippen molar-refractivity contribution in [3.05, 3.63) is 47.2 Å². The maximum Gasteiger partial charge on any atom is 0.301 e. The number of aryl methyl sites for hydroxylation is 1. The zero-order valence-corrected chi connectivity index (χ0v) is 9.80. The molecule has 3 N–H and O–H groups in total. The number of hydrazine groups is 1. The van der Waals surface area contributed by atoms with E-state index in [0.717, 1.165) is 0 Å². The van der Waals surface area contributed by atoms with Gasteiger partial charge in [-0.05, 0) is 25.1 Å².